The largest absolute Gasteiger partial charge is 0.369 e. The molecule has 3 aromatic rings. The van der Waals surface area contributed by atoms with E-state index in [9.17, 15) is 13.2 Å². The Balaban J connectivity index is 1.94. The highest BCUT2D eigenvalue weighted by Gasteiger charge is 2.28. The molecule has 1 aliphatic rings. The molecule has 2 heterocycles. The molecular weight excluding hydrogens is 451 g/mol. The van der Waals surface area contributed by atoms with Gasteiger partial charge in [-0.3, -0.25) is 4.79 Å². The van der Waals surface area contributed by atoms with Crippen LogP contribution < -0.4 is 10.3 Å². The maximum Gasteiger partial charge on any atom is 0.212 e. The molecule has 182 valence electrons. The van der Waals surface area contributed by atoms with Crippen LogP contribution >= 0.6 is 0 Å². The van der Waals surface area contributed by atoms with Gasteiger partial charge in [0.15, 0.2) is 0 Å². The number of anilines is 1. The number of nitrogens with zero attached hydrogens (tertiary/aromatic N) is 2. The first kappa shape index (κ1) is 24.5. The molecule has 0 amide bonds. The minimum atomic E-state index is -4.08. The molecule has 0 saturated carbocycles. The normalized spacial score (nSPS) is 19.1. The SMILES string of the molecule is CCCn1cc(S(=O)(=O)c2cc(C)ccc2C)c(=O)c2cc(F)c(N3C[C@H](C)C[C@H](C)C3)cc21. The maximum absolute atomic E-state index is 15.4. The third kappa shape index (κ3) is 4.38. The van der Waals surface area contributed by atoms with Crippen molar-refractivity contribution in [2.75, 3.05) is 18.0 Å². The van der Waals surface area contributed by atoms with Gasteiger partial charge in [-0.05, 0) is 67.9 Å². The van der Waals surface area contributed by atoms with Crippen molar-refractivity contribution in [1.82, 2.24) is 4.57 Å². The molecule has 1 aliphatic heterocycles. The van der Waals surface area contributed by atoms with Gasteiger partial charge in [-0.1, -0.05) is 32.9 Å². The third-order valence-electron chi connectivity index (χ3n) is 6.71. The molecule has 2 aromatic carbocycles. The summed E-state index contributed by atoms with van der Waals surface area (Å²) < 4.78 is 44.3. The molecule has 1 saturated heterocycles. The van der Waals surface area contributed by atoms with E-state index in [1.807, 2.05) is 19.9 Å². The zero-order chi connectivity index (χ0) is 24.8. The number of rotatable bonds is 5. The second kappa shape index (κ2) is 9.17. The van der Waals surface area contributed by atoms with Gasteiger partial charge >= 0.3 is 0 Å². The van der Waals surface area contributed by atoms with Crippen LogP contribution in [0.5, 0.6) is 0 Å². The van der Waals surface area contributed by atoms with Crippen molar-refractivity contribution in [3.63, 3.8) is 0 Å². The first-order chi connectivity index (χ1) is 16.0. The van der Waals surface area contributed by atoms with Crippen molar-refractivity contribution in [2.24, 2.45) is 11.8 Å². The summed E-state index contributed by atoms with van der Waals surface area (Å²) in [5.41, 5.74) is 1.74. The molecule has 4 rings (SSSR count). The Labute approximate surface area is 201 Å². The first-order valence-corrected chi connectivity index (χ1v) is 13.4. The van der Waals surface area contributed by atoms with Crippen LogP contribution in [0.25, 0.3) is 10.9 Å². The zero-order valence-corrected chi connectivity index (χ0v) is 21.4. The molecule has 0 radical (unpaired) electrons. The monoisotopic (exact) mass is 484 g/mol. The number of hydrogen-bond acceptors (Lipinski definition) is 4. The van der Waals surface area contributed by atoms with E-state index in [-0.39, 0.29) is 15.2 Å². The predicted octanol–water partition coefficient (Wildman–Crippen LogP) is 5.48. The highest BCUT2D eigenvalue weighted by atomic mass is 32.2. The highest BCUT2D eigenvalue weighted by molar-refractivity contribution is 7.91. The number of pyridine rings is 1. The molecule has 0 aliphatic carbocycles. The molecule has 0 bridgehead atoms. The Hall–Kier alpha value is -2.67. The minimum Gasteiger partial charge on any atom is -0.369 e. The van der Waals surface area contributed by atoms with E-state index in [1.54, 1.807) is 29.7 Å². The third-order valence-corrected chi connectivity index (χ3v) is 8.60. The Morgan fingerprint density at radius 2 is 1.71 bits per heavy atom. The predicted molar refractivity (Wildman–Crippen MR) is 135 cm³/mol. The van der Waals surface area contributed by atoms with Gasteiger partial charge in [0.25, 0.3) is 0 Å². The second-order valence-corrected chi connectivity index (χ2v) is 11.8. The summed E-state index contributed by atoms with van der Waals surface area (Å²) in [4.78, 5) is 15.3. The number of halogens is 1. The second-order valence-electron chi connectivity index (χ2n) is 9.96. The van der Waals surface area contributed by atoms with Gasteiger partial charge in [0.1, 0.15) is 10.7 Å². The molecule has 0 unspecified atom stereocenters. The van der Waals surface area contributed by atoms with Crippen molar-refractivity contribution in [1.29, 1.82) is 0 Å². The van der Waals surface area contributed by atoms with Gasteiger partial charge < -0.3 is 9.47 Å². The lowest BCUT2D eigenvalue weighted by molar-refractivity contribution is 0.354. The van der Waals surface area contributed by atoms with Crippen molar-refractivity contribution < 1.29 is 12.8 Å². The Morgan fingerprint density at radius 1 is 1.03 bits per heavy atom. The van der Waals surface area contributed by atoms with E-state index in [0.29, 0.717) is 35.1 Å². The Morgan fingerprint density at radius 3 is 2.35 bits per heavy atom. The summed E-state index contributed by atoms with van der Waals surface area (Å²) in [5, 5.41) is 0.0965. The summed E-state index contributed by atoms with van der Waals surface area (Å²) >= 11 is 0. The van der Waals surface area contributed by atoms with Crippen LogP contribution in [-0.2, 0) is 16.4 Å². The van der Waals surface area contributed by atoms with Crippen LogP contribution in [0, 0.1) is 31.5 Å². The first-order valence-electron chi connectivity index (χ1n) is 12.0. The molecule has 7 heteroatoms. The van der Waals surface area contributed by atoms with E-state index < -0.39 is 21.1 Å². The highest BCUT2D eigenvalue weighted by Crippen LogP contribution is 2.32. The number of fused-ring (bicyclic) bond motifs is 1. The number of aromatic nitrogens is 1. The topological polar surface area (TPSA) is 59.4 Å². The minimum absolute atomic E-state index is 0.0965. The molecule has 1 aromatic heterocycles. The number of benzene rings is 2. The standard InChI is InChI=1S/C27H33FN2O3S/c1-6-9-29-16-26(34(32,33)25-11-17(2)7-8-20(25)5)27(31)21-12-22(28)24(13-23(21)29)30-14-18(3)10-19(4)15-30/h7-8,11-13,16,18-19H,6,9-10,14-15H2,1-5H3/t18-,19+. The van der Waals surface area contributed by atoms with Crippen molar-refractivity contribution in [3.8, 4) is 0 Å². The average molecular weight is 485 g/mol. The lowest BCUT2D eigenvalue weighted by atomic mass is 9.91. The smallest absolute Gasteiger partial charge is 0.212 e. The summed E-state index contributed by atoms with van der Waals surface area (Å²) in [7, 11) is -4.08. The Bertz CT molecular complexity index is 1400. The van der Waals surface area contributed by atoms with Crippen molar-refractivity contribution in [3.05, 3.63) is 63.7 Å². The van der Waals surface area contributed by atoms with Crippen LogP contribution in [0.3, 0.4) is 0 Å². The van der Waals surface area contributed by atoms with Crippen LogP contribution in [0.4, 0.5) is 10.1 Å². The summed E-state index contributed by atoms with van der Waals surface area (Å²) in [6.07, 6.45) is 3.28. The molecule has 0 spiro atoms. The van der Waals surface area contributed by atoms with E-state index in [2.05, 4.69) is 18.7 Å². The van der Waals surface area contributed by atoms with Gasteiger partial charge in [0.05, 0.1) is 21.5 Å². The number of piperidine rings is 1. The van der Waals surface area contributed by atoms with Crippen LogP contribution in [-0.4, -0.2) is 26.1 Å². The fourth-order valence-corrected chi connectivity index (χ4v) is 6.90. The van der Waals surface area contributed by atoms with E-state index >= 15 is 4.39 Å². The van der Waals surface area contributed by atoms with Crippen LogP contribution in [0.1, 0.15) is 44.7 Å². The van der Waals surface area contributed by atoms with Gasteiger partial charge in [0, 0.05) is 25.8 Å². The lowest BCUT2D eigenvalue weighted by Gasteiger charge is -2.37. The molecule has 5 nitrogen and oxygen atoms in total. The molecule has 1 fully saturated rings. The fourth-order valence-electron chi connectivity index (χ4n) is 5.21. The number of hydrogen-bond donors (Lipinski definition) is 0. The van der Waals surface area contributed by atoms with Gasteiger partial charge in [-0.15, -0.1) is 0 Å². The zero-order valence-electron chi connectivity index (χ0n) is 20.6. The average Bonchev–Trinajstić information content (AvgIpc) is 2.76. The lowest BCUT2D eigenvalue weighted by Crippen LogP contribution is -2.39. The summed E-state index contributed by atoms with van der Waals surface area (Å²) in [6.45, 7) is 11.9. The number of sulfone groups is 1. The number of aryl methyl sites for hydroxylation is 3. The van der Waals surface area contributed by atoms with Crippen molar-refractivity contribution >= 4 is 26.4 Å². The quantitative estimate of drug-likeness (QED) is 0.481. The summed E-state index contributed by atoms with van der Waals surface area (Å²) in [6, 6.07) is 8.11. The van der Waals surface area contributed by atoms with Crippen LogP contribution in [0.2, 0.25) is 0 Å². The molecule has 34 heavy (non-hydrogen) atoms. The maximum atomic E-state index is 15.4. The van der Waals surface area contributed by atoms with Gasteiger partial charge in [0.2, 0.25) is 15.3 Å². The molecular formula is C27H33FN2O3S. The Kier molecular flexibility index (Phi) is 6.60. The fraction of sp³-hybridized carbons (Fsp3) is 0.444. The van der Waals surface area contributed by atoms with E-state index in [0.717, 1.165) is 31.5 Å². The van der Waals surface area contributed by atoms with E-state index in [1.165, 1.54) is 12.3 Å². The van der Waals surface area contributed by atoms with Crippen LogP contribution in [0.15, 0.2) is 51.1 Å². The van der Waals surface area contributed by atoms with Gasteiger partial charge in [-0.2, -0.15) is 0 Å². The van der Waals surface area contributed by atoms with E-state index in [4.69, 9.17) is 0 Å². The molecule has 2 atom stereocenters. The summed E-state index contributed by atoms with van der Waals surface area (Å²) in [5.74, 6) is 0.402. The molecule has 0 N–H and O–H groups in total. The van der Waals surface area contributed by atoms with Gasteiger partial charge in [-0.25, -0.2) is 12.8 Å². The van der Waals surface area contributed by atoms with Crippen molar-refractivity contribution in [2.45, 2.75) is 63.8 Å².